The Morgan fingerprint density at radius 3 is 2.92 bits per heavy atom. The highest BCUT2D eigenvalue weighted by Crippen LogP contribution is 2.28. The minimum absolute atomic E-state index is 0.359. The van der Waals surface area contributed by atoms with Crippen LogP contribution in [0.2, 0.25) is 0 Å². The topological polar surface area (TPSA) is 49.6 Å². The van der Waals surface area contributed by atoms with Gasteiger partial charge < -0.3 is 0 Å². The van der Waals surface area contributed by atoms with Gasteiger partial charge >= 0.3 is 0 Å². The van der Waals surface area contributed by atoms with Crippen molar-refractivity contribution in [2.24, 2.45) is 0 Å². The maximum absolute atomic E-state index is 8.56. The average Bonchev–Trinajstić information content (AvgIpc) is 2.50. The van der Waals surface area contributed by atoms with Gasteiger partial charge in [0.05, 0.1) is 6.07 Å². The Balaban J connectivity index is 2.52. The Bertz CT molecular complexity index is 303. The lowest BCUT2D eigenvalue weighted by atomic mass is 10.3. The van der Waals surface area contributed by atoms with Crippen LogP contribution in [0.3, 0.4) is 0 Å². The van der Waals surface area contributed by atoms with E-state index in [0.717, 1.165) is 16.6 Å². The molecule has 0 spiro atoms. The van der Waals surface area contributed by atoms with E-state index in [4.69, 9.17) is 5.26 Å². The Morgan fingerprint density at radius 2 is 2.46 bits per heavy atom. The van der Waals surface area contributed by atoms with Gasteiger partial charge in [0.1, 0.15) is 5.82 Å². The SMILES string of the molecule is CCC(CC#N)Sc1nc(C)ns1. The van der Waals surface area contributed by atoms with E-state index in [-0.39, 0.29) is 0 Å². The van der Waals surface area contributed by atoms with E-state index in [9.17, 15) is 0 Å². The minimum atomic E-state index is 0.359. The largest absolute Gasteiger partial charge is 0.213 e. The Hall–Kier alpha value is -0.600. The number of nitrogens with zero attached hydrogens (tertiary/aromatic N) is 3. The maximum Gasteiger partial charge on any atom is 0.170 e. The number of hydrogen-bond acceptors (Lipinski definition) is 5. The van der Waals surface area contributed by atoms with Gasteiger partial charge in [0.2, 0.25) is 0 Å². The normalized spacial score (nSPS) is 12.4. The van der Waals surface area contributed by atoms with Crippen molar-refractivity contribution >= 4 is 23.3 Å². The molecule has 1 rings (SSSR count). The molecule has 1 atom stereocenters. The van der Waals surface area contributed by atoms with Crippen molar-refractivity contribution < 1.29 is 0 Å². The fourth-order valence-electron chi connectivity index (χ4n) is 0.840. The van der Waals surface area contributed by atoms with Crippen LogP contribution >= 0.6 is 23.3 Å². The number of rotatable bonds is 4. The molecule has 0 fully saturated rings. The maximum atomic E-state index is 8.56. The lowest BCUT2D eigenvalue weighted by Gasteiger charge is -2.05. The van der Waals surface area contributed by atoms with Crippen molar-refractivity contribution in [3.63, 3.8) is 0 Å². The van der Waals surface area contributed by atoms with Crippen LogP contribution in [0.15, 0.2) is 4.34 Å². The third-order valence-electron chi connectivity index (χ3n) is 1.55. The van der Waals surface area contributed by atoms with Gasteiger partial charge in [-0.25, -0.2) is 4.98 Å². The van der Waals surface area contributed by atoms with Crippen LogP contribution in [-0.4, -0.2) is 14.6 Å². The van der Waals surface area contributed by atoms with Crippen molar-refractivity contribution in [1.29, 1.82) is 5.26 Å². The monoisotopic (exact) mass is 213 g/mol. The minimum Gasteiger partial charge on any atom is -0.213 e. The van der Waals surface area contributed by atoms with E-state index in [1.807, 2.05) is 6.92 Å². The van der Waals surface area contributed by atoms with Crippen LogP contribution in [0, 0.1) is 18.3 Å². The average molecular weight is 213 g/mol. The van der Waals surface area contributed by atoms with Crippen LogP contribution in [0.25, 0.3) is 0 Å². The summed E-state index contributed by atoms with van der Waals surface area (Å²) < 4.78 is 5.06. The van der Waals surface area contributed by atoms with Crippen molar-refractivity contribution in [1.82, 2.24) is 9.36 Å². The number of hydrogen-bond donors (Lipinski definition) is 0. The Labute approximate surface area is 86.4 Å². The summed E-state index contributed by atoms with van der Waals surface area (Å²) in [5.41, 5.74) is 0. The predicted molar refractivity (Wildman–Crippen MR) is 54.8 cm³/mol. The van der Waals surface area contributed by atoms with Crippen molar-refractivity contribution in [2.45, 2.75) is 36.3 Å². The molecule has 0 saturated heterocycles. The zero-order valence-corrected chi connectivity index (χ0v) is 9.28. The first-order valence-electron chi connectivity index (χ1n) is 4.10. The van der Waals surface area contributed by atoms with Gasteiger partial charge in [-0.15, -0.1) is 0 Å². The van der Waals surface area contributed by atoms with E-state index in [1.54, 1.807) is 11.8 Å². The standard InChI is InChI=1S/C8H11N3S2/c1-3-7(4-5-9)12-8-10-6(2)11-13-8/h7H,3-4H2,1-2H3. The third-order valence-corrected chi connectivity index (χ3v) is 3.79. The van der Waals surface area contributed by atoms with E-state index in [1.165, 1.54) is 11.5 Å². The molecule has 0 amide bonds. The van der Waals surface area contributed by atoms with Gasteiger partial charge in [-0.2, -0.15) is 9.64 Å². The van der Waals surface area contributed by atoms with E-state index in [0.29, 0.717) is 11.7 Å². The molecule has 0 aliphatic rings. The first-order valence-corrected chi connectivity index (χ1v) is 5.75. The summed E-state index contributed by atoms with van der Waals surface area (Å²) in [6.07, 6.45) is 1.58. The molecule has 0 radical (unpaired) electrons. The molecule has 13 heavy (non-hydrogen) atoms. The third kappa shape index (κ3) is 3.33. The predicted octanol–water partition coefficient (Wildman–Crippen LogP) is 2.63. The molecular formula is C8H11N3S2. The van der Waals surface area contributed by atoms with Gasteiger partial charge in [0.15, 0.2) is 4.34 Å². The Morgan fingerprint density at radius 1 is 1.69 bits per heavy atom. The van der Waals surface area contributed by atoms with Gasteiger partial charge in [-0.1, -0.05) is 18.7 Å². The molecule has 0 aromatic carbocycles. The highest BCUT2D eigenvalue weighted by atomic mass is 32.2. The molecule has 70 valence electrons. The summed E-state index contributed by atoms with van der Waals surface area (Å²) in [7, 11) is 0. The number of aryl methyl sites for hydroxylation is 1. The van der Waals surface area contributed by atoms with E-state index < -0.39 is 0 Å². The zero-order valence-electron chi connectivity index (χ0n) is 7.65. The molecular weight excluding hydrogens is 202 g/mol. The van der Waals surface area contributed by atoms with E-state index in [2.05, 4.69) is 22.4 Å². The van der Waals surface area contributed by atoms with Crippen LogP contribution in [-0.2, 0) is 0 Å². The molecule has 1 heterocycles. The smallest absolute Gasteiger partial charge is 0.170 e. The zero-order chi connectivity index (χ0) is 9.68. The highest BCUT2D eigenvalue weighted by molar-refractivity contribution is 8.01. The van der Waals surface area contributed by atoms with Gasteiger partial charge in [0, 0.05) is 11.7 Å². The van der Waals surface area contributed by atoms with Gasteiger partial charge in [0.25, 0.3) is 0 Å². The second-order valence-corrected chi connectivity index (χ2v) is 4.92. The number of aromatic nitrogens is 2. The molecule has 1 unspecified atom stereocenters. The van der Waals surface area contributed by atoms with Crippen molar-refractivity contribution in [3.8, 4) is 6.07 Å². The quantitative estimate of drug-likeness (QED) is 0.721. The molecule has 0 saturated carbocycles. The molecule has 5 heteroatoms. The van der Waals surface area contributed by atoms with Gasteiger partial charge in [-0.3, -0.25) is 0 Å². The summed E-state index contributed by atoms with van der Waals surface area (Å²) in [5, 5.41) is 8.91. The summed E-state index contributed by atoms with van der Waals surface area (Å²) in [4.78, 5) is 4.24. The second-order valence-electron chi connectivity index (χ2n) is 2.62. The van der Waals surface area contributed by atoms with Crippen molar-refractivity contribution in [2.75, 3.05) is 0 Å². The molecule has 0 aliphatic carbocycles. The molecule has 1 aromatic heterocycles. The second kappa shape index (κ2) is 5.20. The van der Waals surface area contributed by atoms with E-state index >= 15 is 0 Å². The summed E-state index contributed by atoms with van der Waals surface area (Å²) in [6, 6.07) is 2.18. The molecule has 0 N–H and O–H groups in total. The fraction of sp³-hybridized carbons (Fsp3) is 0.625. The first kappa shape index (κ1) is 10.5. The molecule has 3 nitrogen and oxygen atoms in total. The summed E-state index contributed by atoms with van der Waals surface area (Å²) >= 11 is 3.07. The first-order chi connectivity index (χ1) is 6.26. The summed E-state index contributed by atoms with van der Waals surface area (Å²) in [5.74, 6) is 0.819. The molecule has 0 aliphatic heterocycles. The van der Waals surface area contributed by atoms with Crippen LogP contribution < -0.4 is 0 Å². The van der Waals surface area contributed by atoms with Crippen LogP contribution in [0.1, 0.15) is 25.6 Å². The van der Waals surface area contributed by atoms with Crippen molar-refractivity contribution in [3.05, 3.63) is 5.82 Å². The lowest BCUT2D eigenvalue weighted by Crippen LogP contribution is -1.98. The fourth-order valence-corrected chi connectivity index (χ4v) is 2.75. The summed E-state index contributed by atoms with van der Waals surface area (Å²) in [6.45, 7) is 3.97. The lowest BCUT2D eigenvalue weighted by molar-refractivity contribution is 0.841. The van der Waals surface area contributed by atoms with Crippen LogP contribution in [0.5, 0.6) is 0 Å². The Kier molecular flexibility index (Phi) is 4.19. The van der Waals surface area contributed by atoms with Crippen LogP contribution in [0.4, 0.5) is 0 Å². The molecule has 0 bridgehead atoms. The number of thioether (sulfide) groups is 1. The molecule has 1 aromatic rings. The van der Waals surface area contributed by atoms with Gasteiger partial charge in [-0.05, 0) is 24.9 Å². The highest BCUT2D eigenvalue weighted by Gasteiger charge is 2.10. The number of nitriles is 1.